The van der Waals surface area contributed by atoms with E-state index in [0.29, 0.717) is 40.1 Å². The Balaban J connectivity index is 1.54. The first kappa shape index (κ1) is 20.6. The van der Waals surface area contributed by atoms with Gasteiger partial charge in [-0.3, -0.25) is 4.79 Å². The number of ether oxygens (including phenoxy) is 3. The van der Waals surface area contributed by atoms with Gasteiger partial charge in [0.1, 0.15) is 5.75 Å². The fraction of sp³-hybridized carbons (Fsp3) is 0.208. The number of hydrogen-bond donors (Lipinski definition) is 2. The number of benzene rings is 2. The van der Waals surface area contributed by atoms with Crippen molar-refractivity contribution >= 4 is 28.7 Å². The van der Waals surface area contributed by atoms with Crippen LogP contribution in [0.4, 0.5) is 17.2 Å². The molecule has 9 heteroatoms. The van der Waals surface area contributed by atoms with E-state index < -0.39 is 5.60 Å². The molecular formula is C24H23N5O4. The molecule has 0 atom stereocenters. The van der Waals surface area contributed by atoms with E-state index in [1.54, 1.807) is 34.3 Å². The Morgan fingerprint density at radius 3 is 2.70 bits per heavy atom. The Morgan fingerprint density at radius 2 is 1.91 bits per heavy atom. The maximum atomic E-state index is 12.3. The minimum atomic E-state index is -0.918. The van der Waals surface area contributed by atoms with Crippen LogP contribution in [-0.4, -0.2) is 40.1 Å². The minimum absolute atomic E-state index is 0.194. The summed E-state index contributed by atoms with van der Waals surface area (Å²) in [7, 11) is 3.18. The highest BCUT2D eigenvalue weighted by Crippen LogP contribution is 2.37. The number of rotatable bonds is 5. The van der Waals surface area contributed by atoms with Crippen LogP contribution in [0.1, 0.15) is 13.8 Å². The van der Waals surface area contributed by atoms with E-state index in [1.165, 1.54) is 0 Å². The number of amides is 1. The SMILES string of the molecule is COc1ccc(Nc2nc(-c3ccc4c(c3)NC(=O)C(C)(C)O4)cn3ccnc23)cc1OC. The Labute approximate surface area is 190 Å². The standard InChI is InChI=1S/C24H23N5O4/c1-24(2)23(30)28-16-11-14(5-7-18(16)33-24)17-13-29-10-9-25-22(29)21(27-17)26-15-6-8-19(31-3)20(12-15)32-4/h5-13H,1-4H3,(H,26,27)(H,28,30). The van der Waals surface area contributed by atoms with Crippen LogP contribution in [0.5, 0.6) is 17.2 Å². The molecule has 1 amide bonds. The van der Waals surface area contributed by atoms with Gasteiger partial charge in [0.2, 0.25) is 0 Å². The molecule has 3 heterocycles. The van der Waals surface area contributed by atoms with E-state index in [9.17, 15) is 4.79 Å². The van der Waals surface area contributed by atoms with E-state index in [0.717, 1.165) is 11.3 Å². The Bertz CT molecular complexity index is 1380. The Kier molecular flexibility index (Phi) is 4.81. The summed E-state index contributed by atoms with van der Waals surface area (Å²) in [6.07, 6.45) is 5.45. The molecule has 33 heavy (non-hydrogen) atoms. The molecular weight excluding hydrogens is 422 g/mol. The largest absolute Gasteiger partial charge is 0.493 e. The summed E-state index contributed by atoms with van der Waals surface area (Å²) >= 11 is 0. The zero-order valence-electron chi connectivity index (χ0n) is 18.7. The number of imidazole rings is 1. The van der Waals surface area contributed by atoms with Crippen molar-refractivity contribution in [3.05, 3.63) is 55.0 Å². The molecule has 0 fully saturated rings. The summed E-state index contributed by atoms with van der Waals surface area (Å²) in [6, 6.07) is 11.1. The highest BCUT2D eigenvalue weighted by Gasteiger charge is 2.35. The zero-order chi connectivity index (χ0) is 23.2. The quantitative estimate of drug-likeness (QED) is 0.473. The molecule has 2 aromatic heterocycles. The Morgan fingerprint density at radius 1 is 1.09 bits per heavy atom. The van der Waals surface area contributed by atoms with Gasteiger partial charge in [0.15, 0.2) is 28.6 Å². The van der Waals surface area contributed by atoms with Gasteiger partial charge in [-0.25, -0.2) is 9.97 Å². The number of anilines is 3. The smallest absolute Gasteiger partial charge is 0.268 e. The summed E-state index contributed by atoms with van der Waals surface area (Å²) < 4.78 is 18.5. The van der Waals surface area contributed by atoms with Crippen LogP contribution in [0.3, 0.4) is 0 Å². The van der Waals surface area contributed by atoms with Gasteiger partial charge in [0, 0.05) is 35.9 Å². The molecule has 1 aliphatic heterocycles. The van der Waals surface area contributed by atoms with Crippen molar-refractivity contribution in [2.24, 2.45) is 0 Å². The summed E-state index contributed by atoms with van der Waals surface area (Å²) in [5, 5.41) is 6.24. The number of hydrogen-bond acceptors (Lipinski definition) is 7. The van der Waals surface area contributed by atoms with Crippen molar-refractivity contribution in [3.63, 3.8) is 0 Å². The number of carbonyl (C=O) groups is 1. The van der Waals surface area contributed by atoms with Gasteiger partial charge < -0.3 is 29.2 Å². The third-order valence-electron chi connectivity index (χ3n) is 5.46. The van der Waals surface area contributed by atoms with E-state index in [-0.39, 0.29) is 5.91 Å². The topological polar surface area (TPSA) is 99.0 Å². The van der Waals surface area contributed by atoms with Gasteiger partial charge >= 0.3 is 0 Å². The minimum Gasteiger partial charge on any atom is -0.493 e. The molecule has 0 unspecified atom stereocenters. The van der Waals surface area contributed by atoms with Gasteiger partial charge in [0.25, 0.3) is 5.91 Å². The molecule has 0 saturated heterocycles. The number of carbonyl (C=O) groups excluding carboxylic acids is 1. The van der Waals surface area contributed by atoms with Crippen molar-refractivity contribution in [3.8, 4) is 28.5 Å². The average Bonchev–Trinajstić information content (AvgIpc) is 3.28. The first-order valence-corrected chi connectivity index (χ1v) is 10.4. The van der Waals surface area contributed by atoms with Gasteiger partial charge in [0.05, 0.1) is 25.6 Å². The van der Waals surface area contributed by atoms with Crippen LogP contribution in [0.15, 0.2) is 55.0 Å². The number of fused-ring (bicyclic) bond motifs is 2. The summed E-state index contributed by atoms with van der Waals surface area (Å²) in [5.41, 5.74) is 2.66. The van der Waals surface area contributed by atoms with Crippen molar-refractivity contribution in [1.82, 2.24) is 14.4 Å². The third-order valence-corrected chi connectivity index (χ3v) is 5.46. The van der Waals surface area contributed by atoms with Crippen molar-refractivity contribution < 1.29 is 19.0 Å². The number of nitrogens with one attached hydrogen (secondary N) is 2. The lowest BCUT2D eigenvalue weighted by atomic mass is 10.0. The van der Waals surface area contributed by atoms with Crippen LogP contribution >= 0.6 is 0 Å². The van der Waals surface area contributed by atoms with Crippen LogP contribution < -0.4 is 24.8 Å². The number of nitrogens with zero attached hydrogens (tertiary/aromatic N) is 3. The van der Waals surface area contributed by atoms with Gasteiger partial charge in [-0.05, 0) is 44.2 Å². The maximum Gasteiger partial charge on any atom is 0.268 e. The predicted octanol–water partition coefficient (Wildman–Crippen LogP) is 4.27. The highest BCUT2D eigenvalue weighted by molar-refractivity contribution is 6.00. The molecule has 4 aromatic rings. The molecule has 5 rings (SSSR count). The zero-order valence-corrected chi connectivity index (χ0v) is 18.7. The van der Waals surface area contributed by atoms with E-state index in [2.05, 4.69) is 15.6 Å². The molecule has 168 valence electrons. The molecule has 2 aromatic carbocycles. The maximum absolute atomic E-state index is 12.3. The second kappa shape index (κ2) is 7.70. The van der Waals surface area contributed by atoms with E-state index in [4.69, 9.17) is 19.2 Å². The molecule has 0 aliphatic carbocycles. The highest BCUT2D eigenvalue weighted by atomic mass is 16.5. The van der Waals surface area contributed by atoms with Crippen LogP contribution in [0.25, 0.3) is 16.9 Å². The van der Waals surface area contributed by atoms with Crippen LogP contribution in [-0.2, 0) is 4.79 Å². The lowest BCUT2D eigenvalue weighted by molar-refractivity contribution is -0.129. The third kappa shape index (κ3) is 3.67. The molecule has 1 aliphatic rings. The lowest BCUT2D eigenvalue weighted by Crippen LogP contribution is -2.45. The monoisotopic (exact) mass is 445 g/mol. The average molecular weight is 445 g/mol. The van der Waals surface area contributed by atoms with Gasteiger partial charge in [-0.15, -0.1) is 0 Å². The molecule has 0 spiro atoms. The number of aromatic nitrogens is 3. The number of methoxy groups -OCH3 is 2. The molecule has 9 nitrogen and oxygen atoms in total. The lowest BCUT2D eigenvalue weighted by Gasteiger charge is -2.31. The summed E-state index contributed by atoms with van der Waals surface area (Å²) in [5.74, 6) is 2.24. The fourth-order valence-corrected chi connectivity index (χ4v) is 3.68. The summed E-state index contributed by atoms with van der Waals surface area (Å²) in [6.45, 7) is 3.47. The van der Waals surface area contributed by atoms with Crippen LogP contribution in [0.2, 0.25) is 0 Å². The van der Waals surface area contributed by atoms with E-state index in [1.807, 2.05) is 53.2 Å². The van der Waals surface area contributed by atoms with Crippen LogP contribution in [0, 0.1) is 0 Å². The second-order valence-electron chi connectivity index (χ2n) is 8.11. The van der Waals surface area contributed by atoms with Gasteiger partial charge in [-0.1, -0.05) is 0 Å². The Hall–Kier alpha value is -4.27. The van der Waals surface area contributed by atoms with Crippen molar-refractivity contribution in [2.75, 3.05) is 24.9 Å². The van der Waals surface area contributed by atoms with E-state index >= 15 is 0 Å². The first-order valence-electron chi connectivity index (χ1n) is 10.4. The normalized spacial score (nSPS) is 14.2. The predicted molar refractivity (Wildman–Crippen MR) is 125 cm³/mol. The molecule has 0 bridgehead atoms. The van der Waals surface area contributed by atoms with Crippen molar-refractivity contribution in [1.29, 1.82) is 0 Å². The molecule has 2 N–H and O–H groups in total. The molecule has 0 radical (unpaired) electrons. The first-order chi connectivity index (χ1) is 15.9. The summed E-state index contributed by atoms with van der Waals surface area (Å²) in [4.78, 5) is 21.6. The van der Waals surface area contributed by atoms with Crippen molar-refractivity contribution in [2.45, 2.75) is 19.4 Å². The van der Waals surface area contributed by atoms with Gasteiger partial charge in [-0.2, -0.15) is 0 Å². The molecule has 0 saturated carbocycles. The fourth-order valence-electron chi connectivity index (χ4n) is 3.68. The second-order valence-corrected chi connectivity index (χ2v) is 8.11.